The molecule has 0 heterocycles. The van der Waals surface area contributed by atoms with Gasteiger partial charge in [-0.25, -0.2) is 0 Å². The van der Waals surface area contributed by atoms with E-state index in [0.29, 0.717) is 19.6 Å². The quantitative estimate of drug-likeness (QED) is 0.668. The summed E-state index contributed by atoms with van der Waals surface area (Å²) < 4.78 is 15.7. The Labute approximate surface area is 126 Å². The zero-order valence-electron chi connectivity index (χ0n) is 13.0. The van der Waals surface area contributed by atoms with E-state index in [0.717, 1.165) is 6.42 Å². The lowest BCUT2D eigenvalue weighted by Gasteiger charge is -2.16. The summed E-state index contributed by atoms with van der Waals surface area (Å²) >= 11 is 0. The number of amides is 1. The normalized spacial score (nSPS) is 12.4. The lowest BCUT2D eigenvalue weighted by Crippen LogP contribution is -2.35. The average molecular weight is 295 g/mol. The molecule has 5 nitrogen and oxygen atoms in total. The van der Waals surface area contributed by atoms with Gasteiger partial charge in [0, 0.05) is 14.2 Å². The van der Waals surface area contributed by atoms with Crippen LogP contribution in [0.3, 0.4) is 0 Å². The monoisotopic (exact) mass is 295 g/mol. The van der Waals surface area contributed by atoms with E-state index in [2.05, 4.69) is 17.4 Å². The predicted octanol–water partition coefficient (Wildman–Crippen LogP) is 1.76. The Balaban J connectivity index is 2.15. The van der Waals surface area contributed by atoms with Crippen molar-refractivity contribution in [2.75, 3.05) is 27.4 Å². The zero-order chi connectivity index (χ0) is 15.5. The predicted molar refractivity (Wildman–Crippen MR) is 81.0 cm³/mol. The maximum Gasteiger partial charge on any atom is 0.222 e. The SMILES string of the molecule is COC(CNC(=O)CC(C)OCCc1ccccc1)OC. The highest BCUT2D eigenvalue weighted by molar-refractivity contribution is 5.76. The third-order valence-electron chi connectivity index (χ3n) is 3.10. The minimum Gasteiger partial charge on any atom is -0.378 e. The molecule has 0 saturated heterocycles. The van der Waals surface area contributed by atoms with Crippen molar-refractivity contribution in [3.8, 4) is 0 Å². The highest BCUT2D eigenvalue weighted by atomic mass is 16.7. The molecular weight excluding hydrogens is 270 g/mol. The van der Waals surface area contributed by atoms with Crippen LogP contribution in [0, 0.1) is 0 Å². The van der Waals surface area contributed by atoms with Gasteiger partial charge in [-0.2, -0.15) is 0 Å². The fraction of sp³-hybridized carbons (Fsp3) is 0.562. The standard InChI is InChI=1S/C16H25NO4/c1-13(11-15(18)17-12-16(19-2)20-3)21-10-9-14-7-5-4-6-8-14/h4-8,13,16H,9-12H2,1-3H3,(H,17,18). The highest BCUT2D eigenvalue weighted by Crippen LogP contribution is 2.03. The molecule has 0 fully saturated rings. The number of carbonyl (C=O) groups excluding carboxylic acids is 1. The van der Waals surface area contributed by atoms with E-state index in [9.17, 15) is 4.79 Å². The van der Waals surface area contributed by atoms with Crippen LogP contribution < -0.4 is 5.32 Å². The molecule has 0 aromatic heterocycles. The molecular formula is C16H25NO4. The van der Waals surface area contributed by atoms with E-state index < -0.39 is 6.29 Å². The molecule has 0 aliphatic carbocycles. The van der Waals surface area contributed by atoms with E-state index in [1.54, 1.807) is 0 Å². The zero-order valence-corrected chi connectivity index (χ0v) is 13.0. The molecule has 5 heteroatoms. The summed E-state index contributed by atoms with van der Waals surface area (Å²) in [6.07, 6.45) is 0.650. The second kappa shape index (κ2) is 10.3. The summed E-state index contributed by atoms with van der Waals surface area (Å²) in [5.41, 5.74) is 1.23. The molecule has 1 amide bonds. The third kappa shape index (κ3) is 7.80. The van der Waals surface area contributed by atoms with E-state index in [1.165, 1.54) is 19.8 Å². The van der Waals surface area contributed by atoms with Crippen molar-refractivity contribution in [3.05, 3.63) is 35.9 Å². The first-order valence-corrected chi connectivity index (χ1v) is 7.13. The molecule has 0 saturated carbocycles. The van der Waals surface area contributed by atoms with Gasteiger partial charge in [0.05, 0.1) is 25.7 Å². The number of hydrogen-bond acceptors (Lipinski definition) is 4. The minimum absolute atomic E-state index is 0.0682. The van der Waals surface area contributed by atoms with Crippen LogP contribution in [0.4, 0.5) is 0 Å². The topological polar surface area (TPSA) is 56.8 Å². The number of carbonyl (C=O) groups is 1. The first-order valence-electron chi connectivity index (χ1n) is 7.13. The van der Waals surface area contributed by atoms with Gasteiger partial charge in [0.15, 0.2) is 6.29 Å². The Hall–Kier alpha value is -1.43. The number of methoxy groups -OCH3 is 2. The molecule has 1 aromatic rings. The Morgan fingerprint density at radius 2 is 1.86 bits per heavy atom. The summed E-state index contributed by atoms with van der Waals surface area (Å²) in [4.78, 5) is 11.7. The van der Waals surface area contributed by atoms with Crippen LogP contribution in [0.15, 0.2) is 30.3 Å². The van der Waals surface area contributed by atoms with Crippen molar-refractivity contribution in [3.63, 3.8) is 0 Å². The van der Waals surface area contributed by atoms with E-state index in [4.69, 9.17) is 14.2 Å². The van der Waals surface area contributed by atoms with E-state index >= 15 is 0 Å². The highest BCUT2D eigenvalue weighted by Gasteiger charge is 2.11. The largest absolute Gasteiger partial charge is 0.378 e. The number of nitrogens with one attached hydrogen (secondary N) is 1. The van der Waals surface area contributed by atoms with Gasteiger partial charge in [-0.1, -0.05) is 30.3 Å². The Kier molecular flexibility index (Phi) is 8.66. The molecule has 1 atom stereocenters. The fourth-order valence-corrected chi connectivity index (χ4v) is 1.87. The molecule has 0 bridgehead atoms. The average Bonchev–Trinajstić information content (AvgIpc) is 2.49. The first kappa shape index (κ1) is 17.6. The number of benzene rings is 1. The summed E-state index contributed by atoms with van der Waals surface area (Å²) in [6, 6.07) is 10.1. The molecule has 0 aliphatic rings. The van der Waals surface area contributed by atoms with Crippen LogP contribution in [-0.2, 0) is 25.4 Å². The van der Waals surface area contributed by atoms with Crippen molar-refractivity contribution in [1.29, 1.82) is 0 Å². The first-order chi connectivity index (χ1) is 10.2. The van der Waals surface area contributed by atoms with Crippen LogP contribution in [-0.4, -0.2) is 45.7 Å². The Bertz CT molecular complexity index is 393. The molecule has 1 N–H and O–H groups in total. The molecule has 1 aromatic carbocycles. The van der Waals surface area contributed by atoms with Crippen molar-refractivity contribution in [2.24, 2.45) is 0 Å². The van der Waals surface area contributed by atoms with Crippen molar-refractivity contribution in [2.45, 2.75) is 32.2 Å². The van der Waals surface area contributed by atoms with Gasteiger partial charge in [0.2, 0.25) is 5.91 Å². The molecule has 1 rings (SSSR count). The molecule has 0 radical (unpaired) electrons. The molecule has 118 valence electrons. The summed E-state index contributed by atoms with van der Waals surface area (Å²) in [5.74, 6) is -0.0682. The van der Waals surface area contributed by atoms with Gasteiger partial charge in [-0.15, -0.1) is 0 Å². The van der Waals surface area contributed by atoms with Gasteiger partial charge in [-0.05, 0) is 18.9 Å². The molecule has 1 unspecified atom stereocenters. The molecule has 0 aliphatic heterocycles. The molecule has 0 spiro atoms. The lowest BCUT2D eigenvalue weighted by atomic mass is 10.2. The van der Waals surface area contributed by atoms with Crippen molar-refractivity contribution < 1.29 is 19.0 Å². The number of ether oxygens (including phenoxy) is 3. The maximum absolute atomic E-state index is 11.7. The summed E-state index contributed by atoms with van der Waals surface area (Å²) in [6.45, 7) is 2.84. The van der Waals surface area contributed by atoms with Crippen LogP contribution in [0.25, 0.3) is 0 Å². The second-order valence-corrected chi connectivity index (χ2v) is 4.83. The van der Waals surface area contributed by atoms with Gasteiger partial charge in [0.1, 0.15) is 0 Å². The summed E-state index contributed by atoms with van der Waals surface area (Å²) in [7, 11) is 3.07. The van der Waals surface area contributed by atoms with Gasteiger partial charge in [-0.3, -0.25) is 4.79 Å². The third-order valence-corrected chi connectivity index (χ3v) is 3.10. The fourth-order valence-electron chi connectivity index (χ4n) is 1.87. The van der Waals surface area contributed by atoms with Crippen LogP contribution in [0.2, 0.25) is 0 Å². The van der Waals surface area contributed by atoms with Crippen LogP contribution >= 0.6 is 0 Å². The lowest BCUT2D eigenvalue weighted by molar-refractivity contribution is -0.129. The maximum atomic E-state index is 11.7. The van der Waals surface area contributed by atoms with Crippen LogP contribution in [0.5, 0.6) is 0 Å². The number of rotatable bonds is 10. The van der Waals surface area contributed by atoms with E-state index in [-0.39, 0.29) is 12.0 Å². The Morgan fingerprint density at radius 1 is 1.19 bits per heavy atom. The smallest absolute Gasteiger partial charge is 0.222 e. The minimum atomic E-state index is -0.414. The van der Waals surface area contributed by atoms with Gasteiger partial charge < -0.3 is 19.5 Å². The second-order valence-electron chi connectivity index (χ2n) is 4.83. The van der Waals surface area contributed by atoms with E-state index in [1.807, 2.05) is 25.1 Å². The van der Waals surface area contributed by atoms with Crippen molar-refractivity contribution in [1.82, 2.24) is 5.32 Å². The van der Waals surface area contributed by atoms with Crippen molar-refractivity contribution >= 4 is 5.91 Å². The molecule has 21 heavy (non-hydrogen) atoms. The van der Waals surface area contributed by atoms with Gasteiger partial charge in [0.25, 0.3) is 0 Å². The summed E-state index contributed by atoms with van der Waals surface area (Å²) in [5, 5.41) is 2.75. The Morgan fingerprint density at radius 3 is 2.48 bits per heavy atom. The van der Waals surface area contributed by atoms with Crippen LogP contribution in [0.1, 0.15) is 18.9 Å². The van der Waals surface area contributed by atoms with Gasteiger partial charge >= 0.3 is 0 Å². The number of hydrogen-bond donors (Lipinski definition) is 1.